The second-order valence-electron chi connectivity index (χ2n) is 4.76. The summed E-state index contributed by atoms with van der Waals surface area (Å²) in [6.07, 6.45) is 7.71. The molecular weight excluding hydrogens is 174 g/mol. The first-order chi connectivity index (χ1) is 6.73. The largest absolute Gasteiger partial charge is 0.396 e. The van der Waals surface area contributed by atoms with Crippen molar-refractivity contribution in [3.05, 3.63) is 0 Å². The monoisotopic (exact) mass is 199 g/mol. The fourth-order valence-electron chi connectivity index (χ4n) is 2.81. The van der Waals surface area contributed by atoms with Gasteiger partial charge in [-0.2, -0.15) is 0 Å². The van der Waals surface area contributed by atoms with Crippen LogP contribution in [-0.4, -0.2) is 23.8 Å². The first-order valence-corrected chi connectivity index (χ1v) is 6.09. The Morgan fingerprint density at radius 1 is 1.29 bits per heavy atom. The SMILES string of the molecule is CCNC(C)(CCO)C1CCCCC1. The van der Waals surface area contributed by atoms with Gasteiger partial charge in [-0.15, -0.1) is 0 Å². The summed E-state index contributed by atoms with van der Waals surface area (Å²) in [5.41, 5.74) is 0.171. The van der Waals surface area contributed by atoms with Crippen molar-refractivity contribution in [2.24, 2.45) is 5.92 Å². The Bertz CT molecular complexity index is 146. The van der Waals surface area contributed by atoms with Gasteiger partial charge in [-0.05, 0) is 38.6 Å². The summed E-state index contributed by atoms with van der Waals surface area (Å²) in [6.45, 7) is 5.74. The fraction of sp³-hybridized carbons (Fsp3) is 1.00. The highest BCUT2D eigenvalue weighted by Gasteiger charge is 2.33. The van der Waals surface area contributed by atoms with Gasteiger partial charge < -0.3 is 10.4 Å². The molecule has 0 radical (unpaired) electrons. The van der Waals surface area contributed by atoms with Crippen LogP contribution in [0.3, 0.4) is 0 Å². The highest BCUT2D eigenvalue weighted by molar-refractivity contribution is 4.91. The second-order valence-corrected chi connectivity index (χ2v) is 4.76. The van der Waals surface area contributed by atoms with Crippen LogP contribution in [0.1, 0.15) is 52.4 Å². The van der Waals surface area contributed by atoms with Crippen LogP contribution in [-0.2, 0) is 0 Å². The minimum absolute atomic E-state index is 0.171. The van der Waals surface area contributed by atoms with Gasteiger partial charge in [0, 0.05) is 12.1 Å². The van der Waals surface area contributed by atoms with Gasteiger partial charge >= 0.3 is 0 Å². The number of hydrogen-bond acceptors (Lipinski definition) is 2. The zero-order valence-electron chi connectivity index (χ0n) is 9.68. The van der Waals surface area contributed by atoms with E-state index in [1.807, 2.05) is 0 Å². The minimum atomic E-state index is 0.171. The van der Waals surface area contributed by atoms with Crippen LogP contribution in [0.25, 0.3) is 0 Å². The Kier molecular flexibility index (Phi) is 4.90. The first kappa shape index (κ1) is 12.0. The molecule has 1 rings (SSSR count). The molecule has 0 heterocycles. The number of hydrogen-bond donors (Lipinski definition) is 2. The van der Waals surface area contributed by atoms with E-state index >= 15 is 0 Å². The molecule has 0 amide bonds. The van der Waals surface area contributed by atoms with Crippen LogP contribution in [0.2, 0.25) is 0 Å². The summed E-state index contributed by atoms with van der Waals surface area (Å²) in [4.78, 5) is 0. The smallest absolute Gasteiger partial charge is 0.0448 e. The molecule has 1 atom stereocenters. The summed E-state index contributed by atoms with van der Waals surface area (Å²) in [5.74, 6) is 0.767. The summed E-state index contributed by atoms with van der Waals surface area (Å²) in [7, 11) is 0. The van der Waals surface area contributed by atoms with Crippen molar-refractivity contribution in [2.45, 2.75) is 57.9 Å². The Morgan fingerprint density at radius 3 is 2.43 bits per heavy atom. The van der Waals surface area contributed by atoms with Gasteiger partial charge in [0.25, 0.3) is 0 Å². The van der Waals surface area contributed by atoms with E-state index in [1.54, 1.807) is 0 Å². The molecule has 1 unspecified atom stereocenters. The van der Waals surface area contributed by atoms with Crippen molar-refractivity contribution in [2.75, 3.05) is 13.2 Å². The van der Waals surface area contributed by atoms with Crippen molar-refractivity contribution >= 4 is 0 Å². The molecule has 0 spiro atoms. The molecule has 1 fully saturated rings. The fourth-order valence-corrected chi connectivity index (χ4v) is 2.81. The molecule has 0 saturated heterocycles. The molecule has 14 heavy (non-hydrogen) atoms. The van der Waals surface area contributed by atoms with Gasteiger partial charge in [0.05, 0.1) is 0 Å². The molecule has 0 bridgehead atoms. The summed E-state index contributed by atoms with van der Waals surface area (Å²) >= 11 is 0. The van der Waals surface area contributed by atoms with Gasteiger partial charge in [0.15, 0.2) is 0 Å². The van der Waals surface area contributed by atoms with Crippen LogP contribution >= 0.6 is 0 Å². The normalized spacial score (nSPS) is 23.4. The molecule has 2 N–H and O–H groups in total. The van der Waals surface area contributed by atoms with E-state index in [2.05, 4.69) is 19.2 Å². The summed E-state index contributed by atoms with van der Waals surface area (Å²) in [5, 5.41) is 12.7. The van der Waals surface area contributed by atoms with Crippen LogP contribution < -0.4 is 5.32 Å². The Morgan fingerprint density at radius 2 is 1.93 bits per heavy atom. The third-order valence-electron chi connectivity index (χ3n) is 3.72. The van der Waals surface area contributed by atoms with Crippen LogP contribution in [0, 0.1) is 5.92 Å². The topological polar surface area (TPSA) is 32.3 Å². The van der Waals surface area contributed by atoms with E-state index in [1.165, 1.54) is 32.1 Å². The average molecular weight is 199 g/mol. The van der Waals surface area contributed by atoms with Crippen LogP contribution in [0.4, 0.5) is 0 Å². The lowest BCUT2D eigenvalue weighted by Gasteiger charge is -2.40. The summed E-state index contributed by atoms with van der Waals surface area (Å²) in [6, 6.07) is 0. The van der Waals surface area contributed by atoms with E-state index < -0.39 is 0 Å². The van der Waals surface area contributed by atoms with Crippen molar-refractivity contribution < 1.29 is 5.11 Å². The second kappa shape index (κ2) is 5.72. The molecule has 0 aliphatic heterocycles. The van der Waals surface area contributed by atoms with E-state index in [0.717, 1.165) is 18.9 Å². The molecule has 1 aliphatic rings. The Labute approximate surface area is 88.1 Å². The zero-order chi connectivity index (χ0) is 10.4. The van der Waals surface area contributed by atoms with Crippen molar-refractivity contribution in [1.82, 2.24) is 5.32 Å². The van der Waals surface area contributed by atoms with Gasteiger partial charge in [0.1, 0.15) is 0 Å². The Hall–Kier alpha value is -0.0800. The highest BCUT2D eigenvalue weighted by atomic mass is 16.3. The number of nitrogens with one attached hydrogen (secondary N) is 1. The molecule has 84 valence electrons. The first-order valence-electron chi connectivity index (χ1n) is 6.09. The Balaban J connectivity index is 2.54. The van der Waals surface area contributed by atoms with Crippen molar-refractivity contribution in [3.63, 3.8) is 0 Å². The maximum atomic E-state index is 9.12. The third kappa shape index (κ3) is 2.96. The van der Waals surface area contributed by atoms with Gasteiger partial charge in [-0.3, -0.25) is 0 Å². The molecule has 1 saturated carbocycles. The maximum Gasteiger partial charge on any atom is 0.0448 e. The van der Waals surface area contributed by atoms with Crippen molar-refractivity contribution in [3.8, 4) is 0 Å². The predicted molar refractivity (Wildman–Crippen MR) is 60.4 cm³/mol. The molecule has 2 heteroatoms. The molecule has 0 aromatic carbocycles. The summed E-state index contributed by atoms with van der Waals surface area (Å²) < 4.78 is 0. The van der Waals surface area contributed by atoms with Crippen LogP contribution in [0.15, 0.2) is 0 Å². The number of aliphatic hydroxyl groups is 1. The zero-order valence-corrected chi connectivity index (χ0v) is 9.68. The molecular formula is C12H25NO. The maximum absolute atomic E-state index is 9.12. The molecule has 0 aromatic heterocycles. The van der Waals surface area contributed by atoms with Crippen molar-refractivity contribution in [1.29, 1.82) is 0 Å². The number of aliphatic hydroxyl groups excluding tert-OH is 1. The highest BCUT2D eigenvalue weighted by Crippen LogP contribution is 2.34. The third-order valence-corrected chi connectivity index (χ3v) is 3.72. The van der Waals surface area contributed by atoms with E-state index in [-0.39, 0.29) is 5.54 Å². The molecule has 0 aromatic rings. The quantitative estimate of drug-likeness (QED) is 0.712. The van der Waals surface area contributed by atoms with Gasteiger partial charge in [0.2, 0.25) is 0 Å². The molecule has 2 nitrogen and oxygen atoms in total. The molecule has 1 aliphatic carbocycles. The minimum Gasteiger partial charge on any atom is -0.396 e. The lowest BCUT2D eigenvalue weighted by Crippen LogP contribution is -2.50. The van der Waals surface area contributed by atoms with Crippen LogP contribution in [0.5, 0.6) is 0 Å². The van der Waals surface area contributed by atoms with Gasteiger partial charge in [-0.1, -0.05) is 26.2 Å². The van der Waals surface area contributed by atoms with E-state index in [0.29, 0.717) is 6.61 Å². The predicted octanol–water partition coefficient (Wildman–Crippen LogP) is 2.32. The lowest BCUT2D eigenvalue weighted by atomic mass is 9.74. The standard InChI is InChI=1S/C12H25NO/c1-3-13-12(2,9-10-14)11-7-5-4-6-8-11/h11,13-14H,3-10H2,1-2H3. The van der Waals surface area contributed by atoms with E-state index in [9.17, 15) is 0 Å². The number of rotatable bonds is 5. The van der Waals surface area contributed by atoms with E-state index in [4.69, 9.17) is 5.11 Å². The average Bonchev–Trinajstić information content (AvgIpc) is 2.20. The van der Waals surface area contributed by atoms with Gasteiger partial charge in [-0.25, -0.2) is 0 Å². The lowest BCUT2D eigenvalue weighted by molar-refractivity contribution is 0.135.